The van der Waals surface area contributed by atoms with E-state index in [2.05, 4.69) is 5.32 Å². The van der Waals surface area contributed by atoms with Crippen molar-refractivity contribution in [3.63, 3.8) is 0 Å². The molecular formula is C16H30N2O4. The lowest BCUT2D eigenvalue weighted by molar-refractivity contribution is -0.149. The first-order valence-corrected chi connectivity index (χ1v) is 7.63. The van der Waals surface area contributed by atoms with E-state index in [1.807, 2.05) is 27.7 Å². The van der Waals surface area contributed by atoms with Gasteiger partial charge >= 0.3 is 11.9 Å². The predicted molar refractivity (Wildman–Crippen MR) is 84.6 cm³/mol. The van der Waals surface area contributed by atoms with Crippen molar-refractivity contribution in [2.45, 2.75) is 77.9 Å². The summed E-state index contributed by atoms with van der Waals surface area (Å²) in [5, 5.41) is 22.4. The van der Waals surface area contributed by atoms with E-state index in [0.29, 0.717) is 12.8 Å². The lowest BCUT2D eigenvalue weighted by Gasteiger charge is -2.39. The highest BCUT2D eigenvalue weighted by Crippen LogP contribution is 2.43. The quantitative estimate of drug-likeness (QED) is 0.618. The smallest absolute Gasteiger partial charge is 0.323 e. The molecule has 2 unspecified atom stereocenters. The van der Waals surface area contributed by atoms with Crippen molar-refractivity contribution in [1.82, 2.24) is 5.32 Å². The Balaban J connectivity index is 3.41. The summed E-state index contributed by atoms with van der Waals surface area (Å²) < 4.78 is 0. The molecule has 0 aromatic carbocycles. The number of carboxylic acid groups (broad SMARTS) is 2. The molecule has 1 aliphatic rings. The number of hydrogen-bond donors (Lipinski definition) is 4. The second-order valence-electron chi connectivity index (χ2n) is 8.94. The van der Waals surface area contributed by atoms with Gasteiger partial charge in [-0.2, -0.15) is 0 Å². The summed E-state index contributed by atoms with van der Waals surface area (Å²) in [6, 6.07) is -0.862. The molecule has 1 fully saturated rings. The van der Waals surface area contributed by atoms with Crippen LogP contribution in [0, 0.1) is 10.8 Å². The van der Waals surface area contributed by atoms with Crippen molar-refractivity contribution < 1.29 is 19.8 Å². The molecule has 0 bridgehead atoms. The average Bonchev–Trinajstić information content (AvgIpc) is 2.22. The van der Waals surface area contributed by atoms with Crippen molar-refractivity contribution in [2.75, 3.05) is 0 Å². The van der Waals surface area contributed by atoms with Crippen LogP contribution in [0.4, 0.5) is 0 Å². The van der Waals surface area contributed by atoms with Crippen LogP contribution in [0.25, 0.3) is 0 Å². The Morgan fingerprint density at radius 3 is 1.91 bits per heavy atom. The standard InChI is InChI=1S/C16H30N2O4/c1-13(2)7-15(5,6)18-10(11(19)20)14(3,4)9-16(17,8-13)12(21)22/h10,18H,7-9,17H2,1-6H3,(H,19,20)(H,21,22). The maximum atomic E-state index is 11.8. The van der Waals surface area contributed by atoms with Crippen molar-refractivity contribution in [2.24, 2.45) is 16.6 Å². The number of carbonyl (C=O) groups is 2. The summed E-state index contributed by atoms with van der Waals surface area (Å²) in [5.41, 5.74) is 3.22. The normalized spacial score (nSPS) is 34.0. The van der Waals surface area contributed by atoms with Gasteiger partial charge in [-0.3, -0.25) is 14.9 Å². The molecule has 6 heteroatoms. The van der Waals surface area contributed by atoms with Gasteiger partial charge in [-0.05, 0) is 43.9 Å². The zero-order valence-electron chi connectivity index (χ0n) is 14.5. The van der Waals surface area contributed by atoms with Crippen molar-refractivity contribution in [3.05, 3.63) is 0 Å². The molecule has 128 valence electrons. The van der Waals surface area contributed by atoms with E-state index in [0.717, 1.165) is 0 Å². The van der Waals surface area contributed by atoms with Crippen molar-refractivity contribution in [3.8, 4) is 0 Å². The Bertz CT molecular complexity index is 471. The van der Waals surface area contributed by atoms with Crippen LogP contribution in [0.5, 0.6) is 0 Å². The first-order valence-electron chi connectivity index (χ1n) is 7.63. The minimum atomic E-state index is -1.44. The molecule has 1 aliphatic heterocycles. The maximum Gasteiger partial charge on any atom is 0.323 e. The SMILES string of the molecule is CC1(C)CC(C)(C)NC(C(=O)O)C(C)(C)CC(N)(C(=O)O)C1. The van der Waals surface area contributed by atoms with Gasteiger partial charge < -0.3 is 15.9 Å². The summed E-state index contributed by atoms with van der Waals surface area (Å²) in [4.78, 5) is 23.5. The summed E-state index contributed by atoms with van der Waals surface area (Å²) in [5.74, 6) is -2.05. The number of nitrogens with two attached hydrogens (primary N) is 1. The van der Waals surface area contributed by atoms with Gasteiger partial charge in [0.1, 0.15) is 11.6 Å². The molecule has 2 atom stereocenters. The molecule has 22 heavy (non-hydrogen) atoms. The molecule has 0 aliphatic carbocycles. The Morgan fingerprint density at radius 1 is 1.00 bits per heavy atom. The van der Waals surface area contributed by atoms with Crippen LogP contribution < -0.4 is 11.1 Å². The van der Waals surface area contributed by atoms with Gasteiger partial charge in [-0.25, -0.2) is 0 Å². The highest BCUT2D eigenvalue weighted by molar-refractivity contribution is 5.79. The second kappa shape index (κ2) is 5.49. The number of carboxylic acids is 2. The highest BCUT2D eigenvalue weighted by Gasteiger charge is 2.51. The average molecular weight is 314 g/mol. The fourth-order valence-electron chi connectivity index (χ4n) is 4.27. The zero-order chi connectivity index (χ0) is 17.6. The van der Waals surface area contributed by atoms with E-state index < -0.39 is 34.5 Å². The van der Waals surface area contributed by atoms with Crippen molar-refractivity contribution in [1.29, 1.82) is 0 Å². The summed E-state index contributed by atoms with van der Waals surface area (Å²) in [6.07, 6.45) is 1.03. The van der Waals surface area contributed by atoms with E-state index in [-0.39, 0.29) is 11.8 Å². The van der Waals surface area contributed by atoms with Gasteiger partial charge in [0.05, 0.1) is 0 Å². The predicted octanol–water partition coefficient (Wildman–Crippen LogP) is 1.83. The van der Waals surface area contributed by atoms with Crippen LogP contribution in [0.3, 0.4) is 0 Å². The van der Waals surface area contributed by atoms with E-state index in [9.17, 15) is 19.8 Å². The lowest BCUT2D eigenvalue weighted by Crippen LogP contribution is -2.58. The zero-order valence-corrected chi connectivity index (χ0v) is 14.5. The molecular weight excluding hydrogens is 284 g/mol. The Hall–Kier alpha value is -1.14. The molecule has 1 rings (SSSR count). The maximum absolute atomic E-state index is 11.8. The molecule has 0 amide bonds. The Kier molecular flexibility index (Phi) is 4.72. The van der Waals surface area contributed by atoms with Gasteiger partial charge in [0.25, 0.3) is 0 Å². The van der Waals surface area contributed by atoms with E-state index in [1.54, 1.807) is 13.8 Å². The Morgan fingerprint density at radius 2 is 1.50 bits per heavy atom. The van der Waals surface area contributed by atoms with Gasteiger partial charge in [-0.1, -0.05) is 27.7 Å². The van der Waals surface area contributed by atoms with E-state index >= 15 is 0 Å². The number of nitrogens with one attached hydrogen (secondary N) is 1. The molecule has 0 spiro atoms. The van der Waals surface area contributed by atoms with E-state index in [1.165, 1.54) is 0 Å². The van der Waals surface area contributed by atoms with Crippen LogP contribution in [0.1, 0.15) is 60.8 Å². The summed E-state index contributed by atoms with van der Waals surface area (Å²) in [7, 11) is 0. The van der Waals surface area contributed by atoms with Gasteiger partial charge in [0.15, 0.2) is 0 Å². The molecule has 0 aromatic heterocycles. The number of hydrogen-bond acceptors (Lipinski definition) is 4. The molecule has 0 aromatic rings. The third-order valence-electron chi connectivity index (χ3n) is 4.47. The lowest BCUT2D eigenvalue weighted by atomic mass is 9.68. The summed E-state index contributed by atoms with van der Waals surface area (Å²) >= 11 is 0. The van der Waals surface area contributed by atoms with Crippen LogP contribution in [-0.2, 0) is 9.59 Å². The van der Waals surface area contributed by atoms with Crippen LogP contribution >= 0.6 is 0 Å². The van der Waals surface area contributed by atoms with Crippen molar-refractivity contribution >= 4 is 11.9 Å². The van der Waals surface area contributed by atoms with E-state index in [4.69, 9.17) is 5.73 Å². The van der Waals surface area contributed by atoms with Crippen LogP contribution in [-0.4, -0.2) is 39.3 Å². The minimum Gasteiger partial charge on any atom is -0.480 e. The largest absolute Gasteiger partial charge is 0.480 e. The molecule has 1 saturated heterocycles. The second-order valence-corrected chi connectivity index (χ2v) is 8.94. The first-order chi connectivity index (χ1) is 9.60. The monoisotopic (exact) mass is 314 g/mol. The third-order valence-corrected chi connectivity index (χ3v) is 4.47. The van der Waals surface area contributed by atoms with Gasteiger partial charge in [0.2, 0.25) is 0 Å². The number of rotatable bonds is 2. The van der Waals surface area contributed by atoms with Gasteiger partial charge in [0, 0.05) is 5.54 Å². The Labute approximate surface area is 132 Å². The highest BCUT2D eigenvalue weighted by atomic mass is 16.4. The fraction of sp³-hybridized carbons (Fsp3) is 0.875. The molecule has 1 heterocycles. The van der Waals surface area contributed by atoms with Gasteiger partial charge in [-0.15, -0.1) is 0 Å². The summed E-state index contributed by atoms with van der Waals surface area (Å²) in [6.45, 7) is 11.4. The first kappa shape index (κ1) is 18.9. The van der Waals surface area contributed by atoms with Crippen LogP contribution in [0.2, 0.25) is 0 Å². The molecule has 0 radical (unpaired) electrons. The minimum absolute atomic E-state index is 0.0960. The topological polar surface area (TPSA) is 113 Å². The third kappa shape index (κ3) is 4.20. The molecule has 0 saturated carbocycles. The fourth-order valence-corrected chi connectivity index (χ4v) is 4.27. The van der Waals surface area contributed by atoms with Crippen LogP contribution in [0.15, 0.2) is 0 Å². The number of aliphatic carboxylic acids is 2. The molecule has 5 N–H and O–H groups in total. The molecule has 6 nitrogen and oxygen atoms in total.